The number of hydrogen-bond acceptors (Lipinski definition) is 3. The van der Waals surface area contributed by atoms with Crippen molar-refractivity contribution in [3.8, 4) is 0 Å². The second-order valence-electron chi connectivity index (χ2n) is 2.82. The van der Waals surface area contributed by atoms with Crippen LogP contribution < -0.4 is 0 Å². The summed E-state index contributed by atoms with van der Waals surface area (Å²) in [5.74, 6) is -0.140. The molecule has 1 unspecified atom stereocenters. The predicted molar refractivity (Wildman–Crippen MR) is 59.4 cm³/mol. The van der Waals surface area contributed by atoms with E-state index in [2.05, 4.69) is 15.9 Å². The Hall–Kier alpha value is -0.350. The van der Waals surface area contributed by atoms with E-state index in [1.807, 2.05) is 12.2 Å². The van der Waals surface area contributed by atoms with Crippen LogP contribution in [0.15, 0.2) is 12.2 Å². The molecule has 0 bridgehead atoms. The van der Waals surface area contributed by atoms with Crippen molar-refractivity contribution in [2.45, 2.75) is 31.0 Å². The van der Waals surface area contributed by atoms with E-state index in [-0.39, 0.29) is 17.4 Å². The maximum absolute atomic E-state index is 10.9. The lowest BCUT2D eigenvalue weighted by molar-refractivity contribution is -0.143. The van der Waals surface area contributed by atoms with Crippen molar-refractivity contribution in [3.63, 3.8) is 0 Å². The Morgan fingerprint density at radius 3 is 2.93 bits per heavy atom. The summed E-state index contributed by atoms with van der Waals surface area (Å²) < 4.78 is 4.78. The van der Waals surface area contributed by atoms with Crippen LogP contribution in [0.1, 0.15) is 26.2 Å². The molecule has 0 radical (unpaired) electrons. The summed E-state index contributed by atoms with van der Waals surface area (Å²) in [5, 5.41) is 8.68. The van der Waals surface area contributed by atoms with Crippen LogP contribution >= 0.6 is 15.9 Å². The molecule has 0 aliphatic carbocycles. The Balaban J connectivity index is 3.37. The fourth-order valence-corrected chi connectivity index (χ4v) is 1.12. The lowest BCUT2D eigenvalue weighted by atomic mass is 10.2. The molecule has 0 saturated carbocycles. The fourth-order valence-electron chi connectivity index (χ4n) is 0.902. The zero-order chi connectivity index (χ0) is 10.8. The zero-order valence-corrected chi connectivity index (χ0v) is 10.00. The normalized spacial score (nSPS) is 13.1. The van der Waals surface area contributed by atoms with E-state index in [4.69, 9.17) is 9.84 Å². The van der Waals surface area contributed by atoms with Gasteiger partial charge in [-0.3, -0.25) is 4.79 Å². The van der Waals surface area contributed by atoms with Gasteiger partial charge in [0.15, 0.2) is 0 Å². The van der Waals surface area contributed by atoms with E-state index < -0.39 is 0 Å². The number of aliphatic hydroxyl groups is 1. The van der Waals surface area contributed by atoms with Crippen molar-refractivity contribution in [1.82, 2.24) is 0 Å². The Kier molecular flexibility index (Phi) is 8.98. The van der Waals surface area contributed by atoms with E-state index in [0.717, 1.165) is 12.8 Å². The van der Waals surface area contributed by atoms with Gasteiger partial charge in [0.25, 0.3) is 0 Å². The van der Waals surface area contributed by atoms with E-state index in [1.165, 1.54) is 0 Å². The van der Waals surface area contributed by atoms with Gasteiger partial charge in [-0.2, -0.15) is 0 Å². The number of aliphatic hydroxyl groups excluding tert-OH is 1. The highest BCUT2D eigenvalue weighted by Crippen LogP contribution is 2.03. The molecule has 0 rings (SSSR count). The van der Waals surface area contributed by atoms with Gasteiger partial charge in [-0.1, -0.05) is 28.1 Å². The third kappa shape index (κ3) is 8.26. The third-order valence-corrected chi connectivity index (χ3v) is 2.17. The van der Waals surface area contributed by atoms with Crippen LogP contribution in [0, 0.1) is 0 Å². The van der Waals surface area contributed by atoms with Crippen LogP contribution in [0.5, 0.6) is 0 Å². The summed E-state index contributed by atoms with van der Waals surface area (Å²) >= 11 is 3.25. The van der Waals surface area contributed by atoms with Crippen molar-refractivity contribution in [2.24, 2.45) is 0 Å². The number of hydrogen-bond donors (Lipinski definition) is 1. The summed E-state index contributed by atoms with van der Waals surface area (Å²) in [7, 11) is 0. The maximum Gasteiger partial charge on any atom is 0.305 e. The second kappa shape index (κ2) is 9.21. The molecule has 0 fully saturated rings. The highest BCUT2D eigenvalue weighted by atomic mass is 79.9. The van der Waals surface area contributed by atoms with E-state index >= 15 is 0 Å². The van der Waals surface area contributed by atoms with Crippen molar-refractivity contribution < 1.29 is 14.6 Å². The minimum Gasteiger partial charge on any atom is -0.466 e. The average Bonchev–Trinajstić information content (AvgIpc) is 2.17. The summed E-state index contributed by atoms with van der Waals surface area (Å²) in [6.45, 7) is 2.34. The quantitative estimate of drug-likeness (QED) is 0.331. The van der Waals surface area contributed by atoms with Crippen LogP contribution in [-0.4, -0.2) is 29.1 Å². The topological polar surface area (TPSA) is 46.5 Å². The van der Waals surface area contributed by atoms with Gasteiger partial charge in [0.05, 0.1) is 18.0 Å². The van der Waals surface area contributed by atoms with Crippen LogP contribution in [0.2, 0.25) is 0 Å². The highest BCUT2D eigenvalue weighted by molar-refractivity contribution is 9.09. The molecule has 1 atom stereocenters. The van der Waals surface area contributed by atoms with Gasteiger partial charge in [-0.05, 0) is 19.8 Å². The van der Waals surface area contributed by atoms with E-state index in [9.17, 15) is 4.79 Å². The van der Waals surface area contributed by atoms with Gasteiger partial charge in [0, 0.05) is 6.42 Å². The lowest BCUT2D eigenvalue weighted by Crippen LogP contribution is -2.03. The molecule has 0 amide bonds. The average molecular weight is 265 g/mol. The standard InChI is InChI=1S/C10H17BrO3/c1-2-14-10(13)7-5-3-4-6-9(11)8-12/h4,6,9,12H,2-3,5,7-8H2,1H3/b6-4-. The summed E-state index contributed by atoms with van der Waals surface area (Å²) in [5.41, 5.74) is 0. The molecular formula is C10H17BrO3. The number of allylic oxidation sites excluding steroid dienone is 1. The fraction of sp³-hybridized carbons (Fsp3) is 0.700. The Labute approximate surface area is 93.3 Å². The first-order valence-electron chi connectivity index (χ1n) is 4.78. The zero-order valence-electron chi connectivity index (χ0n) is 8.41. The molecule has 3 nitrogen and oxygen atoms in total. The first-order valence-corrected chi connectivity index (χ1v) is 5.69. The molecule has 82 valence electrons. The number of unbranched alkanes of at least 4 members (excludes halogenated alkanes) is 1. The molecule has 1 N–H and O–H groups in total. The predicted octanol–water partition coefficient (Wildman–Crippen LogP) is 2.03. The maximum atomic E-state index is 10.9. The molecule has 0 heterocycles. The smallest absolute Gasteiger partial charge is 0.305 e. The van der Waals surface area contributed by atoms with Crippen molar-refractivity contribution >= 4 is 21.9 Å². The minimum atomic E-state index is -0.140. The molecular weight excluding hydrogens is 248 g/mol. The van der Waals surface area contributed by atoms with Gasteiger partial charge in [-0.25, -0.2) is 0 Å². The van der Waals surface area contributed by atoms with Crippen LogP contribution in [0.4, 0.5) is 0 Å². The summed E-state index contributed by atoms with van der Waals surface area (Å²) in [4.78, 5) is 10.9. The molecule has 0 saturated heterocycles. The monoisotopic (exact) mass is 264 g/mol. The van der Waals surface area contributed by atoms with Gasteiger partial charge in [0.1, 0.15) is 0 Å². The second-order valence-corrected chi connectivity index (χ2v) is 4.00. The highest BCUT2D eigenvalue weighted by Gasteiger charge is 1.99. The molecule has 0 aromatic heterocycles. The Morgan fingerprint density at radius 1 is 1.64 bits per heavy atom. The molecule has 0 aliphatic rings. The number of rotatable bonds is 7. The summed E-state index contributed by atoms with van der Waals surface area (Å²) in [6.07, 6.45) is 5.92. The molecule has 0 aromatic carbocycles. The van der Waals surface area contributed by atoms with Crippen LogP contribution in [0.3, 0.4) is 0 Å². The lowest BCUT2D eigenvalue weighted by Gasteiger charge is -1.99. The van der Waals surface area contributed by atoms with Gasteiger partial charge in [0.2, 0.25) is 0 Å². The van der Waals surface area contributed by atoms with E-state index in [1.54, 1.807) is 6.92 Å². The molecule has 0 aliphatic heterocycles. The van der Waals surface area contributed by atoms with Crippen molar-refractivity contribution in [1.29, 1.82) is 0 Å². The Morgan fingerprint density at radius 2 is 2.36 bits per heavy atom. The molecule has 4 heteroatoms. The van der Waals surface area contributed by atoms with Gasteiger partial charge in [-0.15, -0.1) is 0 Å². The number of esters is 1. The molecule has 0 spiro atoms. The van der Waals surface area contributed by atoms with Gasteiger partial charge < -0.3 is 9.84 Å². The first-order chi connectivity index (χ1) is 6.70. The minimum absolute atomic E-state index is 0.0186. The van der Waals surface area contributed by atoms with Crippen molar-refractivity contribution in [3.05, 3.63) is 12.2 Å². The van der Waals surface area contributed by atoms with E-state index in [0.29, 0.717) is 13.0 Å². The third-order valence-electron chi connectivity index (χ3n) is 1.58. The number of alkyl halides is 1. The number of carbonyl (C=O) groups is 1. The van der Waals surface area contributed by atoms with Crippen LogP contribution in [0.25, 0.3) is 0 Å². The van der Waals surface area contributed by atoms with Crippen molar-refractivity contribution in [2.75, 3.05) is 13.2 Å². The number of carbonyl (C=O) groups excluding carboxylic acids is 1. The first kappa shape index (κ1) is 13.7. The Bertz CT molecular complexity index is 180. The molecule has 0 aromatic rings. The van der Waals surface area contributed by atoms with Crippen LogP contribution in [-0.2, 0) is 9.53 Å². The van der Waals surface area contributed by atoms with Gasteiger partial charge >= 0.3 is 5.97 Å². The molecule has 14 heavy (non-hydrogen) atoms. The number of ether oxygens (including phenoxy) is 1. The number of halogens is 1. The SMILES string of the molecule is CCOC(=O)CCC/C=C\C(Br)CO. The summed E-state index contributed by atoms with van der Waals surface area (Å²) in [6, 6.07) is 0. The largest absolute Gasteiger partial charge is 0.466 e.